The molecular formula is C88H123N13O17S2. The van der Waals surface area contributed by atoms with Crippen molar-refractivity contribution in [3.05, 3.63) is 149 Å². The first-order chi connectivity index (χ1) is 56.8. The van der Waals surface area contributed by atoms with Crippen molar-refractivity contribution in [3.8, 4) is 5.75 Å². The van der Waals surface area contributed by atoms with Crippen LogP contribution in [0.2, 0.25) is 0 Å². The van der Waals surface area contributed by atoms with Gasteiger partial charge in [-0.2, -0.15) is 0 Å². The molecule has 32 heteroatoms. The number of carbonyl (C=O) groups excluding carboxylic acids is 11. The fourth-order valence-electron chi connectivity index (χ4n) is 14.6. The SMILES string of the molecule is CCC(C)[C@@H]([C@@H](CC(=O)N1CCC[C@H]1[C@H](OC)[C@@H](C)C(=O)N[C@H](C)[C@@H](O)c1ccccc1)OC)N(C)C(=O)[C@@H](NC(=O)[C@H](C(C)C)N(C)C(=O)OCc1ccc(NC(=O)[C@H](CCCNC(N)=O)NC(=O)[C@@H](NC(=O)CC(C)(C)OCCC(C)(C)Oc2ccc(N3C(=O)C(Sc4ccccn4)=C(Sc4ccccn4)C3=O)cc2)C(C)C)cc1)C(C)C. The Morgan fingerprint density at radius 2 is 1.27 bits per heavy atom. The first-order valence-electron chi connectivity index (χ1n) is 40.9. The summed E-state index contributed by atoms with van der Waals surface area (Å²) in [5.74, 6) is -6.10. The summed E-state index contributed by atoms with van der Waals surface area (Å²) in [5.41, 5.74) is 5.35. The highest BCUT2D eigenvalue weighted by Crippen LogP contribution is 2.44. The molecule has 1 unspecified atom stereocenters. The summed E-state index contributed by atoms with van der Waals surface area (Å²) >= 11 is 2.22. The summed E-state index contributed by atoms with van der Waals surface area (Å²) in [6.07, 6.45) is 2.24. The van der Waals surface area contributed by atoms with Gasteiger partial charge in [-0.05, 0) is 156 Å². The van der Waals surface area contributed by atoms with E-state index in [0.29, 0.717) is 70.5 Å². The highest BCUT2D eigenvalue weighted by Gasteiger charge is 2.46. The molecule has 2 aliphatic rings. The van der Waals surface area contributed by atoms with Gasteiger partial charge in [-0.1, -0.05) is 147 Å². The van der Waals surface area contributed by atoms with E-state index in [4.69, 9.17) is 29.4 Å². The number of rotatable bonds is 45. The van der Waals surface area contributed by atoms with Gasteiger partial charge in [0.1, 0.15) is 52.2 Å². The van der Waals surface area contributed by atoms with Crippen molar-refractivity contribution in [2.75, 3.05) is 58.2 Å². The van der Waals surface area contributed by atoms with E-state index in [1.54, 1.807) is 196 Å². The second kappa shape index (κ2) is 45.6. The lowest BCUT2D eigenvalue weighted by Gasteiger charge is -2.41. The molecule has 3 aromatic carbocycles. The molecule has 654 valence electrons. The van der Waals surface area contributed by atoms with E-state index in [9.17, 15) is 57.8 Å². The maximum Gasteiger partial charge on any atom is 0.410 e. The van der Waals surface area contributed by atoms with E-state index in [0.717, 1.165) is 28.4 Å². The predicted molar refractivity (Wildman–Crippen MR) is 459 cm³/mol. The molecule has 4 heterocycles. The number of aromatic nitrogens is 2. The Labute approximate surface area is 713 Å². The molecule has 12 atom stereocenters. The second-order valence-corrected chi connectivity index (χ2v) is 34.9. The molecule has 9 N–H and O–H groups in total. The van der Waals surface area contributed by atoms with Gasteiger partial charge in [0.05, 0.1) is 82.9 Å². The summed E-state index contributed by atoms with van der Waals surface area (Å²) in [6, 6.07) is 25.8. The Morgan fingerprint density at radius 3 is 1.82 bits per heavy atom. The molecular weight excluding hydrogens is 1580 g/mol. The minimum absolute atomic E-state index is 0.0512. The second-order valence-electron chi connectivity index (χ2n) is 32.8. The van der Waals surface area contributed by atoms with Crippen molar-refractivity contribution in [3.63, 3.8) is 0 Å². The molecule has 1 fully saturated rings. The molecule has 0 spiro atoms. The van der Waals surface area contributed by atoms with Gasteiger partial charge in [0.25, 0.3) is 11.8 Å². The molecule has 2 aromatic heterocycles. The zero-order valence-corrected chi connectivity index (χ0v) is 74.0. The van der Waals surface area contributed by atoms with Crippen LogP contribution in [0.5, 0.6) is 5.75 Å². The van der Waals surface area contributed by atoms with Crippen molar-refractivity contribution in [1.29, 1.82) is 0 Å². The van der Waals surface area contributed by atoms with Crippen LogP contribution in [-0.4, -0.2) is 209 Å². The maximum absolute atomic E-state index is 14.9. The zero-order chi connectivity index (χ0) is 88.5. The number of amides is 12. The van der Waals surface area contributed by atoms with Crippen LogP contribution in [-0.2, 0) is 68.7 Å². The minimum atomic E-state index is -1.16. The number of nitrogens with two attached hydrogens (primary N) is 1. The number of thioether (sulfide) groups is 2. The molecule has 30 nitrogen and oxygen atoms in total. The van der Waals surface area contributed by atoms with Crippen molar-refractivity contribution < 1.29 is 81.5 Å². The fraction of sp³-hybridized carbons (Fsp3) is 0.534. The average Bonchev–Trinajstić information content (AvgIpc) is 1.62. The van der Waals surface area contributed by atoms with Gasteiger partial charge >= 0.3 is 12.1 Å². The van der Waals surface area contributed by atoms with Crippen LogP contribution in [0, 0.1) is 29.6 Å². The summed E-state index contributed by atoms with van der Waals surface area (Å²) in [5, 5.41) is 29.0. The summed E-state index contributed by atoms with van der Waals surface area (Å²) in [6.45, 7) is 25.7. The lowest BCUT2D eigenvalue weighted by atomic mass is 9.89. The number of methoxy groups -OCH3 is 2. The van der Waals surface area contributed by atoms with Crippen molar-refractivity contribution in [1.82, 2.24) is 51.3 Å². The highest BCUT2D eigenvalue weighted by atomic mass is 32.2. The van der Waals surface area contributed by atoms with E-state index in [1.165, 1.54) is 26.2 Å². The van der Waals surface area contributed by atoms with Gasteiger partial charge in [0.15, 0.2) is 0 Å². The lowest BCUT2D eigenvalue weighted by Crippen LogP contribution is -2.60. The number of anilines is 2. The Hall–Kier alpha value is -9.99. The number of aliphatic hydroxyl groups is 1. The first kappa shape index (κ1) is 97.1. The fourth-order valence-corrected chi connectivity index (χ4v) is 16.5. The van der Waals surface area contributed by atoms with Crippen LogP contribution < -0.4 is 47.3 Å². The van der Waals surface area contributed by atoms with Crippen molar-refractivity contribution >= 4 is 100 Å². The molecule has 1 saturated heterocycles. The largest absolute Gasteiger partial charge is 0.488 e. The van der Waals surface area contributed by atoms with E-state index in [-0.39, 0.29) is 73.0 Å². The van der Waals surface area contributed by atoms with Crippen LogP contribution >= 0.6 is 23.5 Å². The monoisotopic (exact) mass is 1700 g/mol. The van der Waals surface area contributed by atoms with Gasteiger partial charge in [0, 0.05) is 65.9 Å². The van der Waals surface area contributed by atoms with Crippen LogP contribution in [0.25, 0.3) is 0 Å². The Balaban J connectivity index is 0.899. The smallest absolute Gasteiger partial charge is 0.410 e. The molecule has 0 radical (unpaired) electrons. The minimum Gasteiger partial charge on any atom is -0.488 e. The third-order valence-electron chi connectivity index (χ3n) is 21.5. The van der Waals surface area contributed by atoms with E-state index in [2.05, 4.69) is 41.9 Å². The molecule has 2 aliphatic heterocycles. The topological polar surface area (TPSA) is 391 Å². The standard InChI is InChI=1S/C88H123N13O17S2/c1-19-55(8)73(65(114-17)49-69(103)100-47-28-32-64(100)75(115-18)56(9)78(105)93-57(10)74(104)59-29-21-20-22-30-59)98(15)82(109)71(53(4)5)97-81(108)72(54(6)7)99(16)86(113)116-51-58-35-37-60(38-36-58)94-79(106)63(31-27-46-92-85(89)112)95-80(107)70(52(2)3)96-66(102)50-88(13,14)117-48-43-87(11,12)118-62-41-39-61(40-42-62)101-83(110)76(119-67-33-23-25-44-90-67)77(84(101)111)120-68-34-24-26-45-91-68/h20-26,29-30,33-42,44-45,52-57,63-65,70-75,104H,19,27-28,31-32,43,46-51H2,1-18H3,(H,93,105)(H,94,106)(H,95,107)(H,96,102)(H,97,108)(H3,89,92,112)/t55?,56-,57-,63+,64+,65-,70+,71+,72+,73+,74-,75-/m1/s1. The van der Waals surface area contributed by atoms with Crippen LogP contribution in [0.3, 0.4) is 0 Å². The number of nitrogens with zero attached hydrogens (tertiary/aromatic N) is 6. The summed E-state index contributed by atoms with van der Waals surface area (Å²) in [4.78, 5) is 168. The summed E-state index contributed by atoms with van der Waals surface area (Å²) in [7, 11) is 6.08. The number of aliphatic hydroxyl groups excluding tert-OH is 1. The highest BCUT2D eigenvalue weighted by molar-refractivity contribution is 8.08. The first-order valence-corrected chi connectivity index (χ1v) is 42.6. The number of pyridine rings is 2. The van der Waals surface area contributed by atoms with Gasteiger partial charge in [-0.25, -0.2) is 24.5 Å². The van der Waals surface area contributed by atoms with Gasteiger partial charge in [0.2, 0.25) is 41.4 Å². The molecule has 7 rings (SSSR count). The van der Waals surface area contributed by atoms with Crippen molar-refractivity contribution in [2.24, 2.45) is 35.3 Å². The molecule has 5 aromatic rings. The zero-order valence-electron chi connectivity index (χ0n) is 72.3. The number of imide groups is 1. The average molecular weight is 1700 g/mol. The molecule has 0 aliphatic carbocycles. The molecule has 120 heavy (non-hydrogen) atoms. The third-order valence-corrected chi connectivity index (χ3v) is 23.7. The van der Waals surface area contributed by atoms with E-state index >= 15 is 0 Å². The van der Waals surface area contributed by atoms with Crippen LogP contribution in [0.4, 0.5) is 21.0 Å². The number of urea groups is 1. The number of benzene rings is 3. The number of hydrogen-bond acceptors (Lipinski definition) is 21. The molecule has 0 bridgehead atoms. The number of carbonyl (C=O) groups is 11. The normalized spacial score (nSPS) is 16.6. The Morgan fingerprint density at radius 1 is 0.675 bits per heavy atom. The Bertz CT molecular complexity index is 4230. The van der Waals surface area contributed by atoms with E-state index in [1.807, 2.05) is 45.9 Å². The number of hydrogen-bond donors (Lipinski definition) is 8. The van der Waals surface area contributed by atoms with Gasteiger partial charge in [-0.15, -0.1) is 0 Å². The number of likely N-dealkylation sites (tertiary alicyclic amines) is 1. The Kier molecular flexibility index (Phi) is 36.9. The third kappa shape index (κ3) is 27.5. The summed E-state index contributed by atoms with van der Waals surface area (Å²) < 4.78 is 30.5. The quantitative estimate of drug-likeness (QED) is 0.0133. The molecule has 0 saturated carbocycles. The number of primary amides is 1. The van der Waals surface area contributed by atoms with Crippen LogP contribution in [0.15, 0.2) is 148 Å². The number of ether oxygens (including phenoxy) is 5. The number of nitrogens with one attached hydrogen (secondary N) is 6. The molecule has 12 amide bonds. The van der Waals surface area contributed by atoms with Gasteiger partial charge < -0.3 is 76.2 Å². The van der Waals surface area contributed by atoms with Crippen molar-refractivity contribution in [2.45, 2.75) is 237 Å². The predicted octanol–water partition coefficient (Wildman–Crippen LogP) is 10.5. The van der Waals surface area contributed by atoms with Crippen LogP contribution in [0.1, 0.15) is 166 Å². The van der Waals surface area contributed by atoms with Gasteiger partial charge in [-0.3, -0.25) is 48.1 Å². The maximum atomic E-state index is 14.9. The number of likely N-dealkylation sites (N-methyl/N-ethyl adjacent to an activating group) is 2. The lowest BCUT2D eigenvalue weighted by molar-refractivity contribution is -0.148. The van der Waals surface area contributed by atoms with E-state index < -0.39 is 149 Å².